The normalized spacial score (nSPS) is 25.3. The number of nitrogens with two attached hydrogens (primary N) is 1. The minimum Gasteiger partial charge on any atom is -0.325 e. The molecule has 1 aromatic heterocycles. The van der Waals surface area contributed by atoms with Gasteiger partial charge in [-0.3, -0.25) is 5.10 Å². The molecule has 1 aromatic rings. The van der Waals surface area contributed by atoms with E-state index in [4.69, 9.17) is 5.73 Å². The second kappa shape index (κ2) is 3.94. The lowest BCUT2D eigenvalue weighted by molar-refractivity contribution is 0.549. The molecule has 1 atom stereocenters. The minimum absolute atomic E-state index is 0.0419. The standard InChI is InChI=1S/C9H15N3O2S/c10-5-8-4-9(12-11-8)7-2-1-3-15(13,14)6-7/h4,7H,1-3,5-6,10H2,(H,11,12). The molecule has 0 aliphatic carbocycles. The fourth-order valence-electron chi connectivity index (χ4n) is 1.95. The Kier molecular flexibility index (Phi) is 2.79. The van der Waals surface area contributed by atoms with Crippen molar-refractivity contribution in [1.29, 1.82) is 0 Å². The SMILES string of the molecule is NCc1cc(C2CCCS(=O)(=O)C2)n[nH]1. The molecule has 0 amide bonds. The Morgan fingerprint density at radius 1 is 1.60 bits per heavy atom. The first-order valence-electron chi connectivity index (χ1n) is 5.05. The summed E-state index contributed by atoms with van der Waals surface area (Å²) in [6.45, 7) is 0.409. The van der Waals surface area contributed by atoms with Crippen molar-refractivity contribution in [2.45, 2.75) is 25.3 Å². The number of aromatic amines is 1. The van der Waals surface area contributed by atoms with E-state index < -0.39 is 9.84 Å². The maximum absolute atomic E-state index is 11.4. The van der Waals surface area contributed by atoms with Gasteiger partial charge in [-0.2, -0.15) is 5.10 Å². The minimum atomic E-state index is -2.86. The molecule has 0 saturated carbocycles. The van der Waals surface area contributed by atoms with Crippen molar-refractivity contribution in [2.75, 3.05) is 11.5 Å². The van der Waals surface area contributed by atoms with Gasteiger partial charge in [-0.05, 0) is 18.9 Å². The van der Waals surface area contributed by atoms with E-state index in [0.29, 0.717) is 12.3 Å². The molecule has 0 bridgehead atoms. The first kappa shape index (κ1) is 10.6. The molecule has 1 aliphatic rings. The van der Waals surface area contributed by atoms with Crippen molar-refractivity contribution in [2.24, 2.45) is 5.73 Å². The summed E-state index contributed by atoms with van der Waals surface area (Å²) >= 11 is 0. The predicted molar refractivity (Wildman–Crippen MR) is 57.1 cm³/mol. The van der Waals surface area contributed by atoms with E-state index >= 15 is 0 Å². The summed E-state index contributed by atoms with van der Waals surface area (Å²) in [7, 11) is -2.86. The molecule has 1 fully saturated rings. The number of hydrogen-bond donors (Lipinski definition) is 2. The third kappa shape index (κ3) is 2.38. The predicted octanol–water partition coefficient (Wildman–Crippen LogP) is 0.161. The van der Waals surface area contributed by atoms with Crippen LogP contribution in [0.3, 0.4) is 0 Å². The molecule has 5 nitrogen and oxygen atoms in total. The molecule has 0 spiro atoms. The van der Waals surface area contributed by atoms with E-state index in [1.165, 1.54) is 0 Å². The van der Waals surface area contributed by atoms with E-state index in [0.717, 1.165) is 24.2 Å². The largest absolute Gasteiger partial charge is 0.325 e. The molecule has 2 rings (SSSR count). The van der Waals surface area contributed by atoms with Gasteiger partial charge in [-0.1, -0.05) is 0 Å². The molecule has 1 unspecified atom stereocenters. The lowest BCUT2D eigenvalue weighted by Crippen LogP contribution is -2.23. The lowest BCUT2D eigenvalue weighted by atomic mass is 10.0. The molecule has 1 saturated heterocycles. The van der Waals surface area contributed by atoms with Crippen molar-refractivity contribution in [3.63, 3.8) is 0 Å². The molecule has 1 aliphatic heterocycles. The summed E-state index contributed by atoms with van der Waals surface area (Å²) in [6.07, 6.45) is 1.63. The maximum Gasteiger partial charge on any atom is 0.150 e. The molecule has 84 valence electrons. The summed E-state index contributed by atoms with van der Waals surface area (Å²) in [5.74, 6) is 0.583. The Morgan fingerprint density at radius 3 is 3.00 bits per heavy atom. The number of H-pyrrole nitrogens is 1. The number of nitrogens with one attached hydrogen (secondary N) is 1. The Bertz CT molecular complexity index is 438. The third-order valence-corrected chi connectivity index (χ3v) is 4.57. The lowest BCUT2D eigenvalue weighted by Gasteiger charge is -2.19. The molecule has 0 aromatic carbocycles. The first-order chi connectivity index (χ1) is 7.11. The van der Waals surface area contributed by atoms with Gasteiger partial charge in [0.05, 0.1) is 17.2 Å². The van der Waals surface area contributed by atoms with Crippen LogP contribution in [0.4, 0.5) is 0 Å². The number of hydrogen-bond acceptors (Lipinski definition) is 4. The second-order valence-corrected chi connectivity index (χ2v) is 6.20. The van der Waals surface area contributed by atoms with Crippen LogP contribution in [0.25, 0.3) is 0 Å². The van der Waals surface area contributed by atoms with Crippen LogP contribution < -0.4 is 5.73 Å². The van der Waals surface area contributed by atoms with Crippen molar-refractivity contribution in [1.82, 2.24) is 10.2 Å². The Hall–Kier alpha value is -0.880. The Morgan fingerprint density at radius 2 is 2.40 bits per heavy atom. The second-order valence-electron chi connectivity index (χ2n) is 3.98. The number of rotatable bonds is 2. The van der Waals surface area contributed by atoms with Crippen molar-refractivity contribution >= 4 is 9.84 Å². The average molecular weight is 229 g/mol. The highest BCUT2D eigenvalue weighted by Gasteiger charge is 2.27. The van der Waals surface area contributed by atoms with E-state index in [9.17, 15) is 8.42 Å². The van der Waals surface area contributed by atoms with Crippen molar-refractivity contribution in [3.05, 3.63) is 17.5 Å². The van der Waals surface area contributed by atoms with E-state index in [1.54, 1.807) is 0 Å². The van der Waals surface area contributed by atoms with Gasteiger partial charge < -0.3 is 5.73 Å². The molecular formula is C9H15N3O2S. The first-order valence-corrected chi connectivity index (χ1v) is 6.87. The molecular weight excluding hydrogens is 214 g/mol. The molecule has 2 heterocycles. The summed E-state index contributed by atoms with van der Waals surface area (Å²) in [6, 6.07) is 1.87. The molecule has 3 N–H and O–H groups in total. The zero-order valence-corrected chi connectivity index (χ0v) is 9.26. The van der Waals surface area contributed by atoms with Gasteiger partial charge in [0.15, 0.2) is 9.84 Å². The van der Waals surface area contributed by atoms with Gasteiger partial charge in [0.25, 0.3) is 0 Å². The molecule has 0 radical (unpaired) electrons. The Labute approximate surface area is 89.0 Å². The summed E-state index contributed by atoms with van der Waals surface area (Å²) in [5.41, 5.74) is 7.14. The van der Waals surface area contributed by atoms with Crippen LogP contribution in [0.5, 0.6) is 0 Å². The van der Waals surface area contributed by atoms with E-state index in [1.807, 2.05) is 6.07 Å². The zero-order valence-electron chi connectivity index (χ0n) is 8.44. The van der Waals surface area contributed by atoms with Crippen LogP contribution in [-0.4, -0.2) is 30.1 Å². The van der Waals surface area contributed by atoms with E-state index in [-0.39, 0.29) is 11.7 Å². The van der Waals surface area contributed by atoms with Crippen molar-refractivity contribution in [3.8, 4) is 0 Å². The topological polar surface area (TPSA) is 88.8 Å². The highest BCUT2D eigenvalue weighted by molar-refractivity contribution is 7.91. The highest BCUT2D eigenvalue weighted by Crippen LogP contribution is 2.27. The van der Waals surface area contributed by atoms with Gasteiger partial charge in [-0.25, -0.2) is 8.42 Å². The van der Waals surface area contributed by atoms with Gasteiger partial charge in [0.1, 0.15) is 0 Å². The van der Waals surface area contributed by atoms with Crippen molar-refractivity contribution < 1.29 is 8.42 Å². The summed E-state index contributed by atoms with van der Waals surface area (Å²) < 4.78 is 22.9. The van der Waals surface area contributed by atoms with E-state index in [2.05, 4.69) is 10.2 Å². The third-order valence-electron chi connectivity index (χ3n) is 2.75. The van der Waals surface area contributed by atoms with Crippen LogP contribution in [0, 0.1) is 0 Å². The van der Waals surface area contributed by atoms with Crippen LogP contribution in [-0.2, 0) is 16.4 Å². The summed E-state index contributed by atoms with van der Waals surface area (Å²) in [4.78, 5) is 0. The average Bonchev–Trinajstić information content (AvgIpc) is 2.64. The molecule has 6 heteroatoms. The van der Waals surface area contributed by atoms with Crippen LogP contribution >= 0.6 is 0 Å². The van der Waals surface area contributed by atoms with Gasteiger partial charge in [-0.15, -0.1) is 0 Å². The monoisotopic (exact) mass is 229 g/mol. The zero-order chi connectivity index (χ0) is 10.9. The highest BCUT2D eigenvalue weighted by atomic mass is 32.2. The quantitative estimate of drug-likeness (QED) is 0.756. The Balaban J connectivity index is 2.17. The van der Waals surface area contributed by atoms with Crippen LogP contribution in [0.2, 0.25) is 0 Å². The van der Waals surface area contributed by atoms with Gasteiger partial charge in [0, 0.05) is 18.2 Å². The maximum atomic E-state index is 11.4. The van der Waals surface area contributed by atoms with Crippen LogP contribution in [0.1, 0.15) is 30.1 Å². The van der Waals surface area contributed by atoms with Gasteiger partial charge >= 0.3 is 0 Å². The number of aromatic nitrogens is 2. The fraction of sp³-hybridized carbons (Fsp3) is 0.667. The fourth-order valence-corrected chi connectivity index (χ4v) is 3.67. The smallest absolute Gasteiger partial charge is 0.150 e. The van der Waals surface area contributed by atoms with Crippen LogP contribution in [0.15, 0.2) is 6.07 Å². The summed E-state index contributed by atoms with van der Waals surface area (Å²) in [5, 5.41) is 6.92. The number of nitrogens with zero attached hydrogens (tertiary/aromatic N) is 1. The molecule has 15 heavy (non-hydrogen) atoms. The number of sulfone groups is 1. The van der Waals surface area contributed by atoms with Gasteiger partial charge in [0.2, 0.25) is 0 Å².